The number of hydrogen-bond acceptors (Lipinski definition) is 4. The third-order valence-corrected chi connectivity index (χ3v) is 5.87. The average Bonchev–Trinajstić information content (AvgIpc) is 3.29. The quantitative estimate of drug-likeness (QED) is 0.272. The zero-order valence-corrected chi connectivity index (χ0v) is 20.6. The summed E-state index contributed by atoms with van der Waals surface area (Å²) in [4.78, 5) is 19.1. The van der Waals surface area contributed by atoms with Crippen LogP contribution in [0.5, 0.6) is 0 Å². The molecule has 8 heteroatoms. The number of anilines is 1. The predicted octanol–water partition coefficient (Wildman–Crippen LogP) is 3.60. The van der Waals surface area contributed by atoms with E-state index in [9.17, 15) is 4.79 Å². The maximum atomic E-state index is 12.1. The molecular formula is C22H32IN5OS. The van der Waals surface area contributed by atoms with E-state index in [1.165, 1.54) is 5.00 Å². The van der Waals surface area contributed by atoms with Crippen LogP contribution in [0.2, 0.25) is 0 Å². The highest BCUT2D eigenvalue weighted by Crippen LogP contribution is 2.24. The number of piperidine rings is 1. The molecule has 0 unspecified atom stereocenters. The first-order chi connectivity index (χ1) is 14.2. The Labute approximate surface area is 200 Å². The van der Waals surface area contributed by atoms with Gasteiger partial charge in [0.05, 0.1) is 11.5 Å². The molecule has 0 bridgehead atoms. The predicted molar refractivity (Wildman–Crippen MR) is 137 cm³/mol. The van der Waals surface area contributed by atoms with Gasteiger partial charge in [-0.25, -0.2) is 0 Å². The van der Waals surface area contributed by atoms with Crippen molar-refractivity contribution in [1.82, 2.24) is 16.0 Å². The third kappa shape index (κ3) is 8.14. The van der Waals surface area contributed by atoms with E-state index < -0.39 is 0 Å². The van der Waals surface area contributed by atoms with Crippen LogP contribution >= 0.6 is 35.3 Å². The molecule has 0 atom stereocenters. The van der Waals surface area contributed by atoms with Crippen LogP contribution in [0.1, 0.15) is 31.7 Å². The number of rotatable bonds is 8. The van der Waals surface area contributed by atoms with Crippen molar-refractivity contribution in [2.24, 2.45) is 4.99 Å². The van der Waals surface area contributed by atoms with Crippen LogP contribution in [-0.2, 0) is 11.3 Å². The molecule has 1 amide bonds. The highest BCUT2D eigenvalue weighted by atomic mass is 127. The van der Waals surface area contributed by atoms with Gasteiger partial charge in [-0.1, -0.05) is 30.3 Å². The number of hydrogen-bond donors (Lipinski definition) is 3. The molecule has 0 spiro atoms. The molecule has 1 aliphatic heterocycles. The van der Waals surface area contributed by atoms with Gasteiger partial charge in [-0.2, -0.15) is 0 Å². The number of halogens is 1. The van der Waals surface area contributed by atoms with Crippen LogP contribution in [0.15, 0.2) is 52.8 Å². The van der Waals surface area contributed by atoms with Crippen LogP contribution in [-0.4, -0.2) is 44.1 Å². The zero-order chi connectivity index (χ0) is 20.3. The van der Waals surface area contributed by atoms with Crippen LogP contribution in [0.3, 0.4) is 0 Å². The molecule has 3 rings (SSSR count). The molecule has 0 saturated carbocycles. The molecule has 1 aliphatic rings. The molecule has 0 radical (unpaired) electrons. The topological polar surface area (TPSA) is 68.8 Å². The molecule has 2 aromatic rings. The van der Waals surface area contributed by atoms with Gasteiger partial charge < -0.3 is 20.9 Å². The monoisotopic (exact) mass is 541 g/mol. The molecule has 1 aromatic heterocycles. The number of guanidine groups is 1. The van der Waals surface area contributed by atoms with Crippen molar-refractivity contribution in [1.29, 1.82) is 0 Å². The van der Waals surface area contributed by atoms with Gasteiger partial charge in [-0.15, -0.1) is 35.3 Å². The molecule has 2 heterocycles. The molecule has 30 heavy (non-hydrogen) atoms. The maximum Gasteiger partial charge on any atom is 0.222 e. The van der Waals surface area contributed by atoms with E-state index in [1.807, 2.05) is 30.3 Å². The largest absolute Gasteiger partial charge is 0.363 e. The van der Waals surface area contributed by atoms with Gasteiger partial charge in [0.15, 0.2) is 5.96 Å². The fourth-order valence-electron chi connectivity index (χ4n) is 3.36. The van der Waals surface area contributed by atoms with Crippen LogP contribution in [0, 0.1) is 0 Å². The van der Waals surface area contributed by atoms with Crippen molar-refractivity contribution in [3.8, 4) is 0 Å². The summed E-state index contributed by atoms with van der Waals surface area (Å²) in [6.45, 7) is 6.01. The number of carbonyl (C=O) groups excluding carboxylic acids is 1. The van der Waals surface area contributed by atoms with Gasteiger partial charge in [0.1, 0.15) is 0 Å². The van der Waals surface area contributed by atoms with Crippen molar-refractivity contribution in [3.63, 3.8) is 0 Å². The number of carbonyl (C=O) groups is 1. The first kappa shape index (κ1) is 24.5. The van der Waals surface area contributed by atoms with E-state index in [2.05, 4.69) is 50.3 Å². The standard InChI is InChI=1S/C22H31N5OS.HI/c1-2-23-22(24-13-10-20(28)25-17-18-7-4-3-5-8-18)26-19-11-14-27(15-12-19)21-9-6-16-29-21;/h3-9,16,19H,2,10-15,17H2,1H3,(H,25,28)(H2,23,24,26);1H. The van der Waals surface area contributed by atoms with Crippen LogP contribution in [0.25, 0.3) is 0 Å². The lowest BCUT2D eigenvalue weighted by Gasteiger charge is -2.33. The smallest absolute Gasteiger partial charge is 0.222 e. The second kappa shape index (κ2) is 13.5. The van der Waals surface area contributed by atoms with Crippen molar-refractivity contribution in [3.05, 3.63) is 53.4 Å². The number of thiophene rings is 1. The highest BCUT2D eigenvalue weighted by Gasteiger charge is 2.20. The number of aliphatic imine (C=N–C) groups is 1. The van der Waals surface area contributed by atoms with Gasteiger partial charge in [0, 0.05) is 38.6 Å². The molecule has 3 N–H and O–H groups in total. The van der Waals surface area contributed by atoms with Crippen LogP contribution in [0.4, 0.5) is 5.00 Å². The van der Waals surface area contributed by atoms with Crippen molar-refractivity contribution in [2.45, 2.75) is 38.8 Å². The Hall–Kier alpha value is -1.81. The summed E-state index contributed by atoms with van der Waals surface area (Å²) in [5.74, 6) is 0.829. The van der Waals surface area contributed by atoms with E-state index in [4.69, 9.17) is 0 Å². The van der Waals surface area contributed by atoms with E-state index in [-0.39, 0.29) is 29.9 Å². The number of nitrogens with zero attached hydrogens (tertiary/aromatic N) is 2. The maximum absolute atomic E-state index is 12.1. The van der Waals surface area contributed by atoms with Gasteiger partial charge in [0.2, 0.25) is 5.91 Å². The lowest BCUT2D eigenvalue weighted by Crippen LogP contribution is -2.48. The number of amides is 1. The summed E-state index contributed by atoms with van der Waals surface area (Å²) in [6.07, 6.45) is 2.56. The third-order valence-electron chi connectivity index (χ3n) is 4.94. The average molecular weight is 542 g/mol. The Morgan fingerprint density at radius 1 is 1.13 bits per heavy atom. The van der Waals surface area contributed by atoms with E-state index >= 15 is 0 Å². The minimum Gasteiger partial charge on any atom is -0.363 e. The molecule has 1 saturated heterocycles. The van der Waals surface area contributed by atoms with E-state index in [0.29, 0.717) is 25.6 Å². The summed E-state index contributed by atoms with van der Waals surface area (Å²) in [5.41, 5.74) is 1.10. The summed E-state index contributed by atoms with van der Waals surface area (Å²) in [7, 11) is 0. The van der Waals surface area contributed by atoms with Crippen molar-refractivity contribution >= 4 is 52.2 Å². The molecule has 0 aliphatic carbocycles. The Morgan fingerprint density at radius 2 is 1.90 bits per heavy atom. The Kier molecular flexibility index (Phi) is 11.0. The zero-order valence-electron chi connectivity index (χ0n) is 17.5. The summed E-state index contributed by atoms with van der Waals surface area (Å²) >= 11 is 1.80. The molecule has 1 fully saturated rings. The Bertz CT molecular complexity index is 761. The molecule has 164 valence electrons. The van der Waals surface area contributed by atoms with Gasteiger partial charge in [-0.3, -0.25) is 9.79 Å². The summed E-state index contributed by atoms with van der Waals surface area (Å²) in [5, 5.41) is 13.3. The molecular weight excluding hydrogens is 509 g/mol. The van der Waals surface area contributed by atoms with Crippen molar-refractivity contribution in [2.75, 3.05) is 31.1 Å². The first-order valence-corrected chi connectivity index (χ1v) is 11.3. The molecule has 6 nitrogen and oxygen atoms in total. The summed E-state index contributed by atoms with van der Waals surface area (Å²) in [6, 6.07) is 14.7. The molecule has 1 aromatic carbocycles. The highest BCUT2D eigenvalue weighted by molar-refractivity contribution is 14.0. The first-order valence-electron chi connectivity index (χ1n) is 10.4. The second-order valence-corrected chi connectivity index (χ2v) is 8.06. The normalized spacial score (nSPS) is 14.7. The fraction of sp³-hybridized carbons (Fsp3) is 0.455. The van der Waals surface area contributed by atoms with Gasteiger partial charge in [0.25, 0.3) is 0 Å². The van der Waals surface area contributed by atoms with Gasteiger partial charge in [-0.05, 0) is 42.8 Å². The fourth-order valence-corrected chi connectivity index (χ4v) is 4.15. The Balaban J connectivity index is 0.00000320. The lowest BCUT2D eigenvalue weighted by molar-refractivity contribution is -0.121. The summed E-state index contributed by atoms with van der Waals surface area (Å²) < 4.78 is 0. The minimum absolute atomic E-state index is 0. The van der Waals surface area contributed by atoms with Crippen molar-refractivity contribution < 1.29 is 4.79 Å². The number of benzene rings is 1. The van der Waals surface area contributed by atoms with E-state index in [0.717, 1.165) is 44.0 Å². The minimum atomic E-state index is 0. The van der Waals surface area contributed by atoms with E-state index in [1.54, 1.807) is 11.3 Å². The lowest BCUT2D eigenvalue weighted by atomic mass is 10.1. The van der Waals surface area contributed by atoms with Crippen LogP contribution < -0.4 is 20.9 Å². The SMILES string of the molecule is CCNC(=NCCC(=O)NCc1ccccc1)NC1CCN(c2cccs2)CC1.I. The van der Waals surface area contributed by atoms with Gasteiger partial charge >= 0.3 is 0 Å². The Morgan fingerprint density at radius 3 is 2.57 bits per heavy atom. The number of nitrogens with one attached hydrogen (secondary N) is 3. The second-order valence-electron chi connectivity index (χ2n) is 7.13.